The molecule has 2 atom stereocenters. The van der Waals surface area contributed by atoms with E-state index in [0.717, 1.165) is 12.5 Å². The van der Waals surface area contributed by atoms with Crippen LogP contribution in [0.15, 0.2) is 12.1 Å². The van der Waals surface area contributed by atoms with E-state index in [1.807, 2.05) is 0 Å². The number of benzene rings is 1. The average molecular weight is 236 g/mol. The Morgan fingerprint density at radius 2 is 2.29 bits per heavy atom. The van der Waals surface area contributed by atoms with Crippen molar-refractivity contribution in [2.45, 2.75) is 18.7 Å². The van der Waals surface area contributed by atoms with E-state index in [1.54, 1.807) is 6.07 Å². The first-order valence-electron chi connectivity index (χ1n) is 5.48. The molecule has 0 spiro atoms. The summed E-state index contributed by atoms with van der Waals surface area (Å²) >= 11 is 0. The van der Waals surface area contributed by atoms with Crippen LogP contribution in [-0.4, -0.2) is 23.2 Å². The molecule has 3 rings (SSSR count). The standard InChI is InChI=1S/C11H10BFO4/c13-8-2-1-6-7-3-5(7)4-12(16)17-10(6)9(8)11(14)15/h1-2,5,7,16H,3-4H2,(H,14,15)/t5?,7-/m0/s1. The molecule has 1 aliphatic heterocycles. The smallest absolute Gasteiger partial charge is 0.522 e. The third kappa shape index (κ3) is 1.60. The van der Waals surface area contributed by atoms with E-state index in [1.165, 1.54) is 0 Å². The molecular formula is C11H10BFO4. The first-order chi connectivity index (χ1) is 8.08. The molecule has 4 nitrogen and oxygen atoms in total. The van der Waals surface area contributed by atoms with Crippen LogP contribution >= 0.6 is 0 Å². The van der Waals surface area contributed by atoms with Crippen molar-refractivity contribution in [2.24, 2.45) is 5.92 Å². The molecule has 1 fully saturated rings. The molecule has 2 aliphatic rings. The lowest BCUT2D eigenvalue weighted by Crippen LogP contribution is -2.22. The van der Waals surface area contributed by atoms with Gasteiger partial charge in [0.15, 0.2) is 0 Å². The Kier molecular flexibility index (Phi) is 2.16. The van der Waals surface area contributed by atoms with Crippen LogP contribution in [0.25, 0.3) is 0 Å². The van der Waals surface area contributed by atoms with Gasteiger partial charge < -0.3 is 14.8 Å². The largest absolute Gasteiger partial charge is 0.535 e. The zero-order chi connectivity index (χ0) is 12.2. The van der Waals surface area contributed by atoms with E-state index in [9.17, 15) is 14.2 Å². The lowest BCUT2D eigenvalue weighted by atomic mass is 9.82. The predicted octanol–water partition coefficient (Wildman–Crippen LogP) is 1.50. The molecule has 0 aromatic heterocycles. The van der Waals surface area contributed by atoms with Crippen LogP contribution in [0.3, 0.4) is 0 Å². The van der Waals surface area contributed by atoms with Gasteiger partial charge in [-0.2, -0.15) is 0 Å². The highest BCUT2D eigenvalue weighted by Gasteiger charge is 2.47. The lowest BCUT2D eigenvalue weighted by Gasteiger charge is -2.14. The Bertz CT molecular complexity index is 504. The van der Waals surface area contributed by atoms with Crippen molar-refractivity contribution >= 4 is 13.1 Å². The molecule has 1 aromatic rings. The zero-order valence-corrected chi connectivity index (χ0v) is 8.89. The predicted molar refractivity (Wildman–Crippen MR) is 57.6 cm³/mol. The van der Waals surface area contributed by atoms with Gasteiger partial charge in [0.05, 0.1) is 0 Å². The van der Waals surface area contributed by atoms with Gasteiger partial charge in [-0.15, -0.1) is 0 Å². The van der Waals surface area contributed by atoms with Gasteiger partial charge in [0.1, 0.15) is 17.1 Å². The molecule has 1 unspecified atom stereocenters. The van der Waals surface area contributed by atoms with Crippen LogP contribution in [0.2, 0.25) is 6.32 Å². The fourth-order valence-electron chi connectivity index (χ4n) is 2.53. The van der Waals surface area contributed by atoms with Crippen molar-refractivity contribution in [1.82, 2.24) is 0 Å². The first-order valence-corrected chi connectivity index (χ1v) is 5.48. The van der Waals surface area contributed by atoms with Gasteiger partial charge in [-0.05, 0) is 36.2 Å². The summed E-state index contributed by atoms with van der Waals surface area (Å²) < 4.78 is 18.7. The number of carboxylic acid groups (broad SMARTS) is 1. The third-order valence-electron chi connectivity index (χ3n) is 3.43. The first kappa shape index (κ1) is 10.6. The summed E-state index contributed by atoms with van der Waals surface area (Å²) in [6, 6.07) is 2.71. The Balaban J connectivity index is 2.18. The fraction of sp³-hybridized carbons (Fsp3) is 0.364. The molecule has 0 amide bonds. The summed E-state index contributed by atoms with van der Waals surface area (Å²) in [5, 5.41) is 18.6. The Morgan fingerprint density at radius 3 is 3.00 bits per heavy atom. The van der Waals surface area contributed by atoms with Crippen LogP contribution in [0.5, 0.6) is 5.75 Å². The Hall–Kier alpha value is -1.56. The van der Waals surface area contributed by atoms with Crippen molar-refractivity contribution in [3.63, 3.8) is 0 Å². The van der Waals surface area contributed by atoms with Gasteiger partial charge in [-0.25, -0.2) is 9.18 Å². The normalized spacial score (nSPS) is 25.4. The number of halogens is 1. The second-order valence-corrected chi connectivity index (χ2v) is 4.56. The van der Waals surface area contributed by atoms with Gasteiger partial charge in [0.25, 0.3) is 0 Å². The second-order valence-electron chi connectivity index (χ2n) is 4.56. The number of hydrogen-bond donors (Lipinski definition) is 2. The fourth-order valence-corrected chi connectivity index (χ4v) is 2.53. The minimum Gasteiger partial charge on any atom is -0.535 e. The van der Waals surface area contributed by atoms with E-state index in [0.29, 0.717) is 17.8 Å². The molecule has 2 N–H and O–H groups in total. The maximum atomic E-state index is 13.5. The molecule has 1 heterocycles. The quantitative estimate of drug-likeness (QED) is 0.725. The van der Waals surface area contributed by atoms with Crippen LogP contribution in [0, 0.1) is 11.7 Å². The summed E-state index contributed by atoms with van der Waals surface area (Å²) in [6.45, 7) is 0. The van der Waals surface area contributed by atoms with Gasteiger partial charge in [0.2, 0.25) is 0 Å². The molecule has 0 bridgehead atoms. The topological polar surface area (TPSA) is 66.8 Å². The highest BCUT2D eigenvalue weighted by atomic mass is 19.1. The Morgan fingerprint density at radius 1 is 1.53 bits per heavy atom. The summed E-state index contributed by atoms with van der Waals surface area (Å²) in [5.41, 5.74) is 0.222. The molecule has 6 heteroatoms. The van der Waals surface area contributed by atoms with Crippen molar-refractivity contribution in [2.75, 3.05) is 0 Å². The molecule has 1 aromatic carbocycles. The molecule has 0 radical (unpaired) electrons. The van der Waals surface area contributed by atoms with Gasteiger partial charge in [-0.3, -0.25) is 0 Å². The molecule has 1 aliphatic carbocycles. The van der Waals surface area contributed by atoms with Gasteiger partial charge in [-0.1, -0.05) is 6.07 Å². The lowest BCUT2D eigenvalue weighted by molar-refractivity contribution is 0.0689. The maximum Gasteiger partial charge on any atom is 0.522 e. The summed E-state index contributed by atoms with van der Waals surface area (Å²) in [6.07, 6.45) is 1.37. The number of hydrogen-bond acceptors (Lipinski definition) is 3. The van der Waals surface area contributed by atoms with Crippen LogP contribution in [0.1, 0.15) is 28.3 Å². The van der Waals surface area contributed by atoms with Crippen molar-refractivity contribution in [1.29, 1.82) is 0 Å². The van der Waals surface area contributed by atoms with Crippen LogP contribution in [-0.2, 0) is 0 Å². The zero-order valence-electron chi connectivity index (χ0n) is 8.89. The van der Waals surface area contributed by atoms with Gasteiger partial charge >= 0.3 is 13.1 Å². The minimum atomic E-state index is -1.37. The number of carbonyl (C=O) groups is 1. The molecule has 17 heavy (non-hydrogen) atoms. The van der Waals surface area contributed by atoms with E-state index in [4.69, 9.17) is 9.76 Å². The third-order valence-corrected chi connectivity index (χ3v) is 3.43. The van der Waals surface area contributed by atoms with E-state index in [-0.39, 0.29) is 11.7 Å². The average Bonchev–Trinajstić information content (AvgIpc) is 2.95. The molecule has 0 saturated heterocycles. The summed E-state index contributed by atoms with van der Waals surface area (Å²) in [5.74, 6) is -1.69. The number of carboxylic acids is 1. The molecular weight excluding hydrogens is 226 g/mol. The number of fused-ring (bicyclic) bond motifs is 3. The van der Waals surface area contributed by atoms with Gasteiger partial charge in [0, 0.05) is 0 Å². The monoisotopic (exact) mass is 236 g/mol. The number of rotatable bonds is 1. The van der Waals surface area contributed by atoms with Crippen molar-refractivity contribution in [3.8, 4) is 5.75 Å². The molecule has 1 saturated carbocycles. The Labute approximate surface area is 97.2 Å². The highest BCUT2D eigenvalue weighted by molar-refractivity contribution is 6.44. The van der Waals surface area contributed by atoms with Crippen molar-refractivity contribution in [3.05, 3.63) is 29.1 Å². The summed E-state index contributed by atoms with van der Waals surface area (Å²) in [4.78, 5) is 11.0. The van der Waals surface area contributed by atoms with Crippen LogP contribution < -0.4 is 4.65 Å². The summed E-state index contributed by atoms with van der Waals surface area (Å²) in [7, 11) is -1.05. The highest BCUT2D eigenvalue weighted by Crippen LogP contribution is 2.55. The SMILES string of the molecule is O=C(O)c1c(F)ccc2c1OB(O)CC1C[C@H]21. The molecule has 88 valence electrons. The van der Waals surface area contributed by atoms with Crippen LogP contribution in [0.4, 0.5) is 4.39 Å². The van der Waals surface area contributed by atoms with E-state index in [2.05, 4.69) is 0 Å². The van der Waals surface area contributed by atoms with E-state index < -0.39 is 24.5 Å². The number of aromatic carboxylic acids is 1. The maximum absolute atomic E-state index is 13.5. The van der Waals surface area contributed by atoms with Crippen molar-refractivity contribution < 1.29 is 24.0 Å². The second kappa shape index (κ2) is 3.47. The van der Waals surface area contributed by atoms with E-state index >= 15 is 0 Å². The minimum absolute atomic E-state index is 0.00463.